The number of aliphatic imine (C=N–C) groups is 1. The van der Waals surface area contributed by atoms with Crippen LogP contribution >= 0.6 is 0 Å². The Morgan fingerprint density at radius 2 is 1.64 bits per heavy atom. The van der Waals surface area contributed by atoms with Crippen molar-refractivity contribution in [2.45, 2.75) is 89.3 Å². The maximum Gasteiger partial charge on any atom is 0.102 e. The third-order valence-corrected chi connectivity index (χ3v) is 6.13. The number of nitrogens with zero attached hydrogens (tertiary/aromatic N) is 2. The van der Waals surface area contributed by atoms with Gasteiger partial charge < -0.3 is 10.2 Å². The van der Waals surface area contributed by atoms with Crippen LogP contribution in [0.25, 0.3) is 0 Å². The van der Waals surface area contributed by atoms with E-state index in [1.807, 2.05) is 0 Å². The fourth-order valence-electron chi connectivity index (χ4n) is 5.06. The molecule has 1 aliphatic heterocycles. The van der Waals surface area contributed by atoms with E-state index in [0.717, 1.165) is 17.9 Å². The van der Waals surface area contributed by atoms with Crippen LogP contribution in [0.2, 0.25) is 0 Å². The Balaban J connectivity index is 1.78. The van der Waals surface area contributed by atoms with Gasteiger partial charge in [-0.2, -0.15) is 0 Å². The smallest absolute Gasteiger partial charge is 0.102 e. The molecule has 3 nitrogen and oxygen atoms in total. The fraction of sp³-hybridized carbons (Fsp3) is 0.947. The summed E-state index contributed by atoms with van der Waals surface area (Å²) >= 11 is 0. The summed E-state index contributed by atoms with van der Waals surface area (Å²) in [5.74, 6) is 2.91. The van der Waals surface area contributed by atoms with Crippen LogP contribution in [0.4, 0.5) is 0 Å². The van der Waals surface area contributed by atoms with Crippen molar-refractivity contribution in [2.75, 3.05) is 14.1 Å². The minimum atomic E-state index is 0.556. The van der Waals surface area contributed by atoms with Crippen LogP contribution in [0, 0.1) is 11.8 Å². The van der Waals surface area contributed by atoms with Gasteiger partial charge >= 0.3 is 0 Å². The Kier molecular flexibility index (Phi) is 5.43. The molecule has 22 heavy (non-hydrogen) atoms. The van der Waals surface area contributed by atoms with Gasteiger partial charge in [-0.15, -0.1) is 0 Å². The summed E-state index contributed by atoms with van der Waals surface area (Å²) in [4.78, 5) is 7.72. The van der Waals surface area contributed by atoms with E-state index < -0.39 is 0 Å². The van der Waals surface area contributed by atoms with Crippen LogP contribution in [0.3, 0.4) is 0 Å². The summed E-state index contributed by atoms with van der Waals surface area (Å²) in [6.07, 6.45) is 13.7. The number of amidine groups is 1. The molecule has 3 aliphatic rings. The summed E-state index contributed by atoms with van der Waals surface area (Å²) in [6.45, 7) is 2.35. The van der Waals surface area contributed by atoms with Gasteiger partial charge in [-0.3, -0.25) is 4.99 Å². The molecule has 1 saturated heterocycles. The van der Waals surface area contributed by atoms with Gasteiger partial charge in [-0.25, -0.2) is 0 Å². The van der Waals surface area contributed by atoms with Gasteiger partial charge in [-0.05, 0) is 44.9 Å². The highest BCUT2D eigenvalue weighted by atomic mass is 15.2. The number of piperidine rings is 1. The molecule has 3 rings (SSSR count). The minimum Gasteiger partial charge on any atom is -0.366 e. The number of rotatable bonds is 2. The largest absolute Gasteiger partial charge is 0.366 e. The van der Waals surface area contributed by atoms with Crippen LogP contribution < -0.4 is 5.32 Å². The molecule has 2 saturated carbocycles. The second-order valence-electron chi connectivity index (χ2n) is 8.14. The van der Waals surface area contributed by atoms with Crippen LogP contribution in [0.5, 0.6) is 0 Å². The van der Waals surface area contributed by atoms with Crippen molar-refractivity contribution in [1.29, 1.82) is 0 Å². The first-order valence-corrected chi connectivity index (χ1v) is 9.66. The first-order chi connectivity index (χ1) is 10.6. The predicted octanol–water partition coefficient (Wildman–Crippen LogP) is 3.84. The van der Waals surface area contributed by atoms with E-state index >= 15 is 0 Å². The first-order valence-electron chi connectivity index (χ1n) is 9.66. The summed E-state index contributed by atoms with van der Waals surface area (Å²) in [7, 11) is 4.41. The average Bonchev–Trinajstić information content (AvgIpc) is 2.52. The highest BCUT2D eigenvalue weighted by Crippen LogP contribution is 2.35. The SMILES string of the molecule is CC1CC(N=C(C2CCCCC2)N(C)C)C2CCCCC2N1. The maximum absolute atomic E-state index is 5.40. The maximum atomic E-state index is 5.40. The Labute approximate surface area is 136 Å². The quantitative estimate of drug-likeness (QED) is 0.620. The van der Waals surface area contributed by atoms with Crippen LogP contribution in [0.15, 0.2) is 4.99 Å². The molecular weight excluding hydrogens is 270 g/mol. The van der Waals surface area contributed by atoms with E-state index in [4.69, 9.17) is 4.99 Å². The van der Waals surface area contributed by atoms with E-state index in [-0.39, 0.29) is 0 Å². The van der Waals surface area contributed by atoms with E-state index in [1.165, 1.54) is 70.0 Å². The lowest BCUT2D eigenvalue weighted by molar-refractivity contribution is 0.157. The van der Waals surface area contributed by atoms with Gasteiger partial charge in [0.2, 0.25) is 0 Å². The van der Waals surface area contributed by atoms with Crippen molar-refractivity contribution < 1.29 is 0 Å². The highest BCUT2D eigenvalue weighted by molar-refractivity contribution is 5.84. The molecule has 0 amide bonds. The summed E-state index contributed by atoms with van der Waals surface area (Å²) < 4.78 is 0. The van der Waals surface area contributed by atoms with Gasteiger partial charge in [0, 0.05) is 32.1 Å². The van der Waals surface area contributed by atoms with Crippen molar-refractivity contribution >= 4 is 5.84 Å². The van der Waals surface area contributed by atoms with Crippen molar-refractivity contribution in [3.05, 3.63) is 0 Å². The molecule has 126 valence electrons. The van der Waals surface area contributed by atoms with Crippen LogP contribution in [-0.4, -0.2) is 43.0 Å². The topological polar surface area (TPSA) is 27.6 Å². The molecule has 0 radical (unpaired) electrons. The second-order valence-corrected chi connectivity index (χ2v) is 8.14. The lowest BCUT2D eigenvalue weighted by Gasteiger charge is -2.44. The number of hydrogen-bond donors (Lipinski definition) is 1. The molecule has 2 aliphatic carbocycles. The van der Waals surface area contributed by atoms with Gasteiger partial charge in [0.1, 0.15) is 5.84 Å². The standard InChI is InChI=1S/C19H35N3/c1-14-13-18(16-11-7-8-12-17(16)20-14)21-19(22(2)3)15-9-5-4-6-10-15/h14-18,20H,4-13H2,1-3H3. The van der Waals surface area contributed by atoms with Crippen LogP contribution in [-0.2, 0) is 0 Å². The van der Waals surface area contributed by atoms with Gasteiger partial charge in [0.15, 0.2) is 0 Å². The Bertz CT molecular complexity index is 384. The molecule has 3 heteroatoms. The van der Waals surface area contributed by atoms with Crippen molar-refractivity contribution in [1.82, 2.24) is 10.2 Å². The zero-order valence-corrected chi connectivity index (χ0v) is 14.9. The van der Waals surface area contributed by atoms with Gasteiger partial charge in [-0.1, -0.05) is 32.1 Å². The van der Waals surface area contributed by atoms with Crippen molar-refractivity contribution in [2.24, 2.45) is 16.8 Å². The fourth-order valence-corrected chi connectivity index (χ4v) is 5.06. The minimum absolute atomic E-state index is 0.556. The number of fused-ring (bicyclic) bond motifs is 1. The zero-order chi connectivity index (χ0) is 15.5. The predicted molar refractivity (Wildman–Crippen MR) is 94.4 cm³/mol. The lowest BCUT2D eigenvalue weighted by Crippen LogP contribution is -2.54. The van der Waals surface area contributed by atoms with E-state index in [9.17, 15) is 0 Å². The molecule has 0 aromatic carbocycles. The molecule has 0 spiro atoms. The molecule has 1 heterocycles. The van der Waals surface area contributed by atoms with Gasteiger partial charge in [0.05, 0.1) is 6.04 Å². The monoisotopic (exact) mass is 305 g/mol. The van der Waals surface area contributed by atoms with E-state index in [1.54, 1.807) is 0 Å². The molecule has 0 bridgehead atoms. The van der Waals surface area contributed by atoms with Crippen molar-refractivity contribution in [3.8, 4) is 0 Å². The summed E-state index contributed by atoms with van der Waals surface area (Å²) in [6, 6.07) is 1.91. The average molecular weight is 306 g/mol. The first kappa shape index (κ1) is 16.3. The molecule has 4 atom stereocenters. The zero-order valence-electron chi connectivity index (χ0n) is 14.9. The third-order valence-electron chi connectivity index (χ3n) is 6.13. The second kappa shape index (κ2) is 7.33. The Morgan fingerprint density at radius 3 is 2.36 bits per heavy atom. The third kappa shape index (κ3) is 3.67. The number of nitrogens with one attached hydrogen (secondary N) is 1. The molecule has 0 aromatic rings. The molecule has 0 aromatic heterocycles. The Hall–Kier alpha value is -0.570. The summed E-state index contributed by atoms with van der Waals surface area (Å²) in [5, 5.41) is 3.85. The van der Waals surface area contributed by atoms with Crippen LogP contribution in [0.1, 0.15) is 71.1 Å². The van der Waals surface area contributed by atoms with Crippen molar-refractivity contribution in [3.63, 3.8) is 0 Å². The summed E-state index contributed by atoms with van der Waals surface area (Å²) in [5.41, 5.74) is 0. The van der Waals surface area contributed by atoms with E-state index in [0.29, 0.717) is 12.1 Å². The molecule has 1 N–H and O–H groups in total. The van der Waals surface area contributed by atoms with E-state index in [2.05, 4.69) is 31.2 Å². The van der Waals surface area contributed by atoms with Gasteiger partial charge in [0.25, 0.3) is 0 Å². The molecular formula is C19H35N3. The molecule has 4 unspecified atom stereocenters. The lowest BCUT2D eigenvalue weighted by atomic mass is 9.75. The highest BCUT2D eigenvalue weighted by Gasteiger charge is 2.38. The normalized spacial score (nSPS) is 37.7. The molecule has 3 fully saturated rings. The number of hydrogen-bond acceptors (Lipinski definition) is 2. The Morgan fingerprint density at radius 1 is 0.955 bits per heavy atom.